The van der Waals surface area contributed by atoms with Crippen LogP contribution in [0.1, 0.15) is 0 Å². The lowest BCUT2D eigenvalue weighted by Crippen LogP contribution is -2.21. The number of hydrogen-bond donors (Lipinski definition) is 3. The van der Waals surface area contributed by atoms with Gasteiger partial charge in [0.05, 0.1) is 11.1 Å². The maximum Gasteiger partial charge on any atom is 0.573 e. The lowest BCUT2D eigenvalue weighted by atomic mass is 10.0. The molecule has 33 heavy (non-hydrogen) atoms. The number of ether oxygens (including phenoxy) is 1. The smallest absolute Gasteiger partial charge is 0.406 e. The number of nitrogens with zero attached hydrogens (tertiary/aromatic N) is 1. The number of carbonyl (C=O) groups excluding carboxylic acids is 1. The number of hydrogen-bond acceptors (Lipinski definition) is 5. The van der Waals surface area contributed by atoms with Crippen LogP contribution < -0.4 is 21.1 Å². The van der Waals surface area contributed by atoms with Gasteiger partial charge in [-0.2, -0.15) is 0 Å². The zero-order chi connectivity index (χ0) is 23.8. The van der Waals surface area contributed by atoms with Crippen molar-refractivity contribution in [3.8, 4) is 16.9 Å². The number of nitrogens with one attached hydrogen (secondary N) is 2. The first kappa shape index (κ1) is 21.9. The second-order valence-corrected chi connectivity index (χ2v) is 6.71. The molecular formula is C21H13F5N4O3. The third kappa shape index (κ3) is 4.79. The van der Waals surface area contributed by atoms with Crippen LogP contribution in [0.4, 0.5) is 43.9 Å². The van der Waals surface area contributed by atoms with Gasteiger partial charge < -0.3 is 25.6 Å². The predicted molar refractivity (Wildman–Crippen MR) is 110 cm³/mol. The van der Waals surface area contributed by atoms with Crippen LogP contribution in [0.2, 0.25) is 0 Å². The van der Waals surface area contributed by atoms with Crippen LogP contribution in [0, 0.1) is 11.6 Å². The fraction of sp³-hybridized carbons (Fsp3) is 0.0476. The topological polar surface area (TPSA) is 102 Å². The molecule has 4 aromatic rings. The molecule has 7 nitrogen and oxygen atoms in total. The maximum absolute atomic E-state index is 14.8. The highest BCUT2D eigenvalue weighted by Gasteiger charge is 2.31. The number of amides is 2. The second-order valence-electron chi connectivity index (χ2n) is 6.71. The van der Waals surface area contributed by atoms with Gasteiger partial charge in [0.1, 0.15) is 17.4 Å². The van der Waals surface area contributed by atoms with E-state index in [2.05, 4.69) is 20.5 Å². The monoisotopic (exact) mass is 464 g/mol. The van der Waals surface area contributed by atoms with Crippen LogP contribution in [0.15, 0.2) is 59.1 Å². The number of anilines is 3. The summed E-state index contributed by atoms with van der Waals surface area (Å²) in [6.07, 6.45) is -4.91. The molecule has 0 aliphatic carbocycles. The number of fused-ring (bicyclic) bond motifs is 1. The standard InChI is InChI=1S/C21H13F5N4O3/c22-14-9-16(29-20(31)28-10-3-1-4-11(7-10)32-21(24,25)26)15(23)8-13(14)12-5-2-6-17-18(12)19(27)30-33-17/h1-9H,(H2,27,30)(H2,28,29,31). The van der Waals surface area contributed by atoms with E-state index in [-0.39, 0.29) is 28.2 Å². The molecule has 0 atom stereocenters. The number of halogens is 5. The molecule has 0 aliphatic heterocycles. The van der Waals surface area contributed by atoms with E-state index < -0.39 is 35.5 Å². The highest BCUT2D eigenvalue weighted by atomic mass is 19.4. The first-order valence-corrected chi connectivity index (χ1v) is 9.18. The van der Waals surface area contributed by atoms with E-state index in [9.17, 15) is 26.7 Å². The van der Waals surface area contributed by atoms with Crippen molar-refractivity contribution < 1.29 is 36.0 Å². The molecule has 0 saturated carbocycles. The summed E-state index contributed by atoms with van der Waals surface area (Å²) >= 11 is 0. The van der Waals surface area contributed by atoms with Crippen molar-refractivity contribution in [3.63, 3.8) is 0 Å². The lowest BCUT2D eigenvalue weighted by Gasteiger charge is -2.13. The molecule has 0 fully saturated rings. The van der Waals surface area contributed by atoms with Crippen molar-refractivity contribution in [2.24, 2.45) is 0 Å². The summed E-state index contributed by atoms with van der Waals surface area (Å²) in [4.78, 5) is 12.2. The number of rotatable bonds is 4. The van der Waals surface area contributed by atoms with Crippen molar-refractivity contribution in [1.82, 2.24) is 5.16 Å². The molecule has 0 saturated heterocycles. The summed E-state index contributed by atoms with van der Waals surface area (Å²) in [6.45, 7) is 0. The van der Waals surface area contributed by atoms with E-state index in [0.29, 0.717) is 5.39 Å². The third-order valence-electron chi connectivity index (χ3n) is 4.45. The van der Waals surface area contributed by atoms with Crippen molar-refractivity contribution in [2.75, 3.05) is 16.4 Å². The van der Waals surface area contributed by atoms with Gasteiger partial charge in [0.15, 0.2) is 11.4 Å². The minimum absolute atomic E-state index is 0.00118. The van der Waals surface area contributed by atoms with E-state index in [1.54, 1.807) is 12.1 Å². The van der Waals surface area contributed by atoms with Gasteiger partial charge in [-0.3, -0.25) is 0 Å². The summed E-state index contributed by atoms with van der Waals surface area (Å²) in [5, 5.41) is 8.23. The van der Waals surface area contributed by atoms with Crippen molar-refractivity contribution in [3.05, 3.63) is 66.2 Å². The minimum Gasteiger partial charge on any atom is -0.406 e. The molecule has 1 aromatic heterocycles. The number of urea groups is 1. The highest BCUT2D eigenvalue weighted by molar-refractivity contribution is 6.02. The average Bonchev–Trinajstić information content (AvgIpc) is 3.11. The maximum atomic E-state index is 14.8. The highest BCUT2D eigenvalue weighted by Crippen LogP contribution is 2.35. The Balaban J connectivity index is 1.55. The molecule has 0 unspecified atom stereocenters. The number of benzene rings is 3. The molecule has 12 heteroatoms. The summed E-state index contributed by atoms with van der Waals surface area (Å²) in [6, 6.07) is 9.67. The molecular weight excluding hydrogens is 451 g/mol. The quantitative estimate of drug-likeness (QED) is 0.327. The molecule has 2 amide bonds. The molecule has 0 spiro atoms. The normalized spacial score (nSPS) is 11.4. The molecule has 4 N–H and O–H groups in total. The Bertz CT molecular complexity index is 1350. The Morgan fingerprint density at radius 2 is 1.73 bits per heavy atom. The zero-order valence-electron chi connectivity index (χ0n) is 16.3. The van der Waals surface area contributed by atoms with E-state index in [1.807, 2.05) is 0 Å². The third-order valence-corrected chi connectivity index (χ3v) is 4.45. The molecule has 0 radical (unpaired) electrons. The van der Waals surface area contributed by atoms with Gasteiger partial charge in [0.2, 0.25) is 0 Å². The van der Waals surface area contributed by atoms with Crippen LogP contribution >= 0.6 is 0 Å². The number of carbonyl (C=O) groups is 1. The first-order chi connectivity index (χ1) is 15.6. The van der Waals surface area contributed by atoms with Gasteiger partial charge >= 0.3 is 12.4 Å². The Kier molecular flexibility index (Phi) is 5.50. The van der Waals surface area contributed by atoms with Crippen molar-refractivity contribution in [2.45, 2.75) is 6.36 Å². The Morgan fingerprint density at radius 3 is 2.48 bits per heavy atom. The van der Waals surface area contributed by atoms with Crippen LogP contribution in [-0.2, 0) is 0 Å². The van der Waals surface area contributed by atoms with Crippen molar-refractivity contribution in [1.29, 1.82) is 0 Å². The molecule has 1 heterocycles. The van der Waals surface area contributed by atoms with E-state index in [1.165, 1.54) is 18.2 Å². The number of nitrogens with two attached hydrogens (primary N) is 1. The molecule has 3 aromatic carbocycles. The SMILES string of the molecule is Nc1noc2cccc(-c3cc(F)c(NC(=O)Nc4cccc(OC(F)(F)F)c4)cc3F)c12. The van der Waals surface area contributed by atoms with Gasteiger partial charge in [0.25, 0.3) is 0 Å². The van der Waals surface area contributed by atoms with Gasteiger partial charge in [-0.05, 0) is 29.8 Å². The van der Waals surface area contributed by atoms with Crippen LogP contribution in [0.5, 0.6) is 5.75 Å². The summed E-state index contributed by atoms with van der Waals surface area (Å²) in [5.74, 6) is -2.41. The molecule has 0 bridgehead atoms. The summed E-state index contributed by atoms with van der Waals surface area (Å²) < 4.78 is 75.3. The number of nitrogen functional groups attached to an aromatic ring is 1. The van der Waals surface area contributed by atoms with Gasteiger partial charge in [0, 0.05) is 23.4 Å². The fourth-order valence-electron chi connectivity index (χ4n) is 3.14. The number of aromatic nitrogens is 1. The largest absolute Gasteiger partial charge is 0.573 e. The van der Waals surface area contributed by atoms with Crippen LogP contribution in [0.25, 0.3) is 22.1 Å². The first-order valence-electron chi connectivity index (χ1n) is 9.18. The van der Waals surface area contributed by atoms with E-state index in [0.717, 1.165) is 24.3 Å². The molecule has 0 aliphatic rings. The Morgan fingerprint density at radius 1 is 0.970 bits per heavy atom. The van der Waals surface area contributed by atoms with E-state index >= 15 is 0 Å². The van der Waals surface area contributed by atoms with Crippen LogP contribution in [0.3, 0.4) is 0 Å². The minimum atomic E-state index is -4.91. The van der Waals surface area contributed by atoms with Crippen molar-refractivity contribution >= 4 is 34.2 Å². The summed E-state index contributed by atoms with van der Waals surface area (Å²) in [5.41, 5.74) is 5.57. The fourth-order valence-corrected chi connectivity index (χ4v) is 3.14. The lowest BCUT2D eigenvalue weighted by molar-refractivity contribution is -0.274. The Hall–Kier alpha value is -4.35. The second kappa shape index (κ2) is 8.30. The average molecular weight is 464 g/mol. The molecule has 170 valence electrons. The molecule has 4 rings (SSSR count). The van der Waals surface area contributed by atoms with Crippen LogP contribution in [-0.4, -0.2) is 17.6 Å². The number of alkyl halides is 3. The zero-order valence-corrected chi connectivity index (χ0v) is 16.3. The van der Waals surface area contributed by atoms with E-state index in [4.69, 9.17) is 10.3 Å². The van der Waals surface area contributed by atoms with Gasteiger partial charge in [-0.25, -0.2) is 13.6 Å². The predicted octanol–water partition coefficient (Wildman–Crippen LogP) is 5.90. The van der Waals surface area contributed by atoms with Gasteiger partial charge in [-0.15, -0.1) is 13.2 Å². The summed E-state index contributed by atoms with van der Waals surface area (Å²) in [7, 11) is 0. The van der Waals surface area contributed by atoms with Gasteiger partial charge in [-0.1, -0.05) is 23.4 Å². The Labute approximate surface area is 181 Å².